The van der Waals surface area contributed by atoms with Crippen LogP contribution in [0.5, 0.6) is 0 Å². The van der Waals surface area contributed by atoms with Crippen LogP contribution in [0, 0.1) is 0 Å². The van der Waals surface area contributed by atoms with Gasteiger partial charge in [-0.3, -0.25) is 9.78 Å². The molecule has 0 bridgehead atoms. The summed E-state index contributed by atoms with van der Waals surface area (Å²) in [4.78, 5) is 15.3. The second-order valence-corrected chi connectivity index (χ2v) is 3.04. The van der Waals surface area contributed by atoms with Gasteiger partial charge in [0, 0.05) is 25.5 Å². The maximum Gasteiger partial charge on any atom is 0.224 e. The van der Waals surface area contributed by atoms with Crippen molar-refractivity contribution in [2.75, 3.05) is 13.1 Å². The highest BCUT2D eigenvalue weighted by Gasteiger charge is 2.00. The lowest BCUT2D eigenvalue weighted by Crippen LogP contribution is -2.25. The number of nitrogens with zero attached hydrogens (tertiary/aromatic N) is 1. The minimum Gasteiger partial charge on any atom is -0.352 e. The SMILES string of the molecule is NC/C=C/CNC(=O)Cc1ccncc1. The Morgan fingerprint density at radius 1 is 1.40 bits per heavy atom. The molecule has 0 aliphatic heterocycles. The van der Waals surface area contributed by atoms with E-state index in [9.17, 15) is 4.79 Å². The maximum atomic E-state index is 11.4. The molecule has 1 rings (SSSR count). The number of rotatable bonds is 5. The third-order valence-corrected chi connectivity index (χ3v) is 1.83. The van der Waals surface area contributed by atoms with Crippen LogP contribution >= 0.6 is 0 Å². The zero-order chi connectivity index (χ0) is 10.9. The highest BCUT2D eigenvalue weighted by Crippen LogP contribution is 1.96. The highest BCUT2D eigenvalue weighted by molar-refractivity contribution is 5.78. The van der Waals surface area contributed by atoms with Crippen molar-refractivity contribution < 1.29 is 4.79 Å². The lowest BCUT2D eigenvalue weighted by atomic mass is 10.2. The van der Waals surface area contributed by atoms with Crippen molar-refractivity contribution in [3.8, 4) is 0 Å². The molecule has 1 aromatic rings. The number of aromatic nitrogens is 1. The molecular weight excluding hydrogens is 190 g/mol. The summed E-state index contributed by atoms with van der Waals surface area (Å²) in [5.74, 6) is 0.00266. The monoisotopic (exact) mass is 205 g/mol. The molecule has 0 spiro atoms. The average molecular weight is 205 g/mol. The van der Waals surface area contributed by atoms with Crippen molar-refractivity contribution >= 4 is 5.91 Å². The first-order valence-electron chi connectivity index (χ1n) is 4.83. The number of amides is 1. The van der Waals surface area contributed by atoms with Gasteiger partial charge in [-0.15, -0.1) is 0 Å². The summed E-state index contributed by atoms with van der Waals surface area (Å²) in [5, 5.41) is 2.76. The standard InChI is InChI=1S/C11H15N3O/c12-5-1-2-6-14-11(15)9-10-3-7-13-8-4-10/h1-4,7-8H,5-6,9,12H2,(H,14,15)/b2-1+. The molecule has 0 atom stereocenters. The smallest absolute Gasteiger partial charge is 0.224 e. The highest BCUT2D eigenvalue weighted by atomic mass is 16.1. The molecule has 4 nitrogen and oxygen atoms in total. The van der Waals surface area contributed by atoms with Gasteiger partial charge in [0.05, 0.1) is 6.42 Å². The number of nitrogens with one attached hydrogen (secondary N) is 1. The summed E-state index contributed by atoms with van der Waals surface area (Å²) in [6.45, 7) is 1.03. The van der Waals surface area contributed by atoms with E-state index in [1.807, 2.05) is 24.3 Å². The van der Waals surface area contributed by atoms with Gasteiger partial charge in [0.15, 0.2) is 0 Å². The Bertz CT molecular complexity index is 322. The van der Waals surface area contributed by atoms with Gasteiger partial charge >= 0.3 is 0 Å². The first kappa shape index (κ1) is 11.4. The van der Waals surface area contributed by atoms with Crippen LogP contribution in [0.3, 0.4) is 0 Å². The maximum absolute atomic E-state index is 11.4. The van der Waals surface area contributed by atoms with Gasteiger partial charge in [0.2, 0.25) is 5.91 Å². The van der Waals surface area contributed by atoms with Crippen LogP contribution in [0.1, 0.15) is 5.56 Å². The van der Waals surface area contributed by atoms with Crippen molar-refractivity contribution in [2.24, 2.45) is 5.73 Å². The number of carbonyl (C=O) groups excluding carboxylic acids is 1. The van der Waals surface area contributed by atoms with Gasteiger partial charge in [0.1, 0.15) is 0 Å². The van der Waals surface area contributed by atoms with Gasteiger partial charge in [-0.25, -0.2) is 0 Å². The largest absolute Gasteiger partial charge is 0.352 e. The van der Waals surface area contributed by atoms with Gasteiger partial charge in [0.25, 0.3) is 0 Å². The lowest BCUT2D eigenvalue weighted by molar-refractivity contribution is -0.120. The van der Waals surface area contributed by atoms with Crippen LogP contribution < -0.4 is 11.1 Å². The Kier molecular flexibility index (Phi) is 5.11. The Morgan fingerprint density at radius 2 is 2.13 bits per heavy atom. The Balaban J connectivity index is 2.28. The van der Waals surface area contributed by atoms with E-state index in [2.05, 4.69) is 10.3 Å². The number of hydrogen-bond acceptors (Lipinski definition) is 3. The number of nitrogens with two attached hydrogens (primary N) is 1. The topological polar surface area (TPSA) is 68.0 Å². The fraction of sp³-hybridized carbons (Fsp3) is 0.273. The van der Waals surface area contributed by atoms with Crippen LogP contribution in [-0.4, -0.2) is 24.0 Å². The molecular formula is C11H15N3O. The zero-order valence-electron chi connectivity index (χ0n) is 8.52. The van der Waals surface area contributed by atoms with E-state index in [4.69, 9.17) is 5.73 Å². The molecule has 1 amide bonds. The second kappa shape index (κ2) is 6.73. The fourth-order valence-corrected chi connectivity index (χ4v) is 1.10. The Morgan fingerprint density at radius 3 is 2.80 bits per heavy atom. The van der Waals surface area contributed by atoms with Crippen molar-refractivity contribution in [1.82, 2.24) is 10.3 Å². The number of carbonyl (C=O) groups is 1. The van der Waals surface area contributed by atoms with E-state index in [0.717, 1.165) is 5.56 Å². The van der Waals surface area contributed by atoms with Gasteiger partial charge < -0.3 is 11.1 Å². The minimum atomic E-state index is 0.00266. The van der Waals surface area contributed by atoms with E-state index < -0.39 is 0 Å². The van der Waals surface area contributed by atoms with Gasteiger partial charge in [-0.1, -0.05) is 12.2 Å². The minimum absolute atomic E-state index is 0.00266. The third-order valence-electron chi connectivity index (χ3n) is 1.83. The molecule has 0 fully saturated rings. The molecule has 0 saturated heterocycles. The number of pyridine rings is 1. The molecule has 3 N–H and O–H groups in total. The quantitative estimate of drug-likeness (QED) is 0.677. The molecule has 1 heterocycles. The first-order chi connectivity index (χ1) is 7.33. The second-order valence-electron chi connectivity index (χ2n) is 3.04. The molecule has 0 saturated carbocycles. The summed E-state index contributed by atoms with van der Waals surface area (Å²) < 4.78 is 0. The summed E-state index contributed by atoms with van der Waals surface area (Å²) in [6.07, 6.45) is 7.39. The normalized spacial score (nSPS) is 10.5. The molecule has 1 aromatic heterocycles. The summed E-state index contributed by atoms with van der Waals surface area (Å²) in [7, 11) is 0. The molecule has 0 unspecified atom stereocenters. The van der Waals surface area contributed by atoms with Gasteiger partial charge in [-0.05, 0) is 17.7 Å². The molecule has 0 radical (unpaired) electrons. The van der Waals surface area contributed by atoms with E-state index in [1.54, 1.807) is 12.4 Å². The molecule has 0 aliphatic rings. The third kappa shape index (κ3) is 4.93. The molecule has 0 aromatic carbocycles. The molecule has 80 valence electrons. The Hall–Kier alpha value is -1.68. The van der Waals surface area contributed by atoms with Crippen molar-refractivity contribution in [1.29, 1.82) is 0 Å². The lowest BCUT2D eigenvalue weighted by Gasteiger charge is -2.01. The van der Waals surface area contributed by atoms with Gasteiger partial charge in [-0.2, -0.15) is 0 Å². The Labute approximate surface area is 89.2 Å². The van der Waals surface area contributed by atoms with Crippen molar-refractivity contribution in [3.63, 3.8) is 0 Å². The predicted octanol–water partition coefficient (Wildman–Crippen LogP) is 0.255. The fourth-order valence-electron chi connectivity index (χ4n) is 1.10. The van der Waals surface area contributed by atoms with Crippen molar-refractivity contribution in [3.05, 3.63) is 42.2 Å². The summed E-state index contributed by atoms with van der Waals surface area (Å²) in [6, 6.07) is 3.66. The van der Waals surface area contributed by atoms with Crippen LogP contribution in [-0.2, 0) is 11.2 Å². The first-order valence-corrected chi connectivity index (χ1v) is 4.83. The van der Waals surface area contributed by atoms with E-state index >= 15 is 0 Å². The average Bonchev–Trinajstić information content (AvgIpc) is 2.26. The zero-order valence-corrected chi connectivity index (χ0v) is 8.52. The van der Waals surface area contributed by atoms with Crippen LogP contribution in [0.25, 0.3) is 0 Å². The van der Waals surface area contributed by atoms with E-state index in [0.29, 0.717) is 19.5 Å². The van der Waals surface area contributed by atoms with E-state index in [-0.39, 0.29) is 5.91 Å². The van der Waals surface area contributed by atoms with Crippen LogP contribution in [0.2, 0.25) is 0 Å². The number of hydrogen-bond donors (Lipinski definition) is 2. The van der Waals surface area contributed by atoms with Crippen LogP contribution in [0.4, 0.5) is 0 Å². The van der Waals surface area contributed by atoms with E-state index in [1.165, 1.54) is 0 Å². The predicted molar refractivity (Wildman–Crippen MR) is 59.1 cm³/mol. The molecule has 0 aliphatic carbocycles. The van der Waals surface area contributed by atoms with Crippen LogP contribution in [0.15, 0.2) is 36.7 Å². The molecule has 15 heavy (non-hydrogen) atoms. The summed E-state index contributed by atoms with van der Waals surface area (Å²) in [5.41, 5.74) is 6.23. The molecule has 4 heteroatoms. The van der Waals surface area contributed by atoms with Crippen molar-refractivity contribution in [2.45, 2.75) is 6.42 Å². The summed E-state index contributed by atoms with van der Waals surface area (Å²) >= 11 is 0.